The zero-order chi connectivity index (χ0) is 15.3. The van der Waals surface area contributed by atoms with Gasteiger partial charge in [-0.25, -0.2) is 0 Å². The molecule has 3 aromatic rings. The van der Waals surface area contributed by atoms with E-state index in [1.54, 1.807) is 23.1 Å². The highest BCUT2D eigenvalue weighted by molar-refractivity contribution is 5.69. The molecule has 4 rings (SSSR count). The van der Waals surface area contributed by atoms with Gasteiger partial charge in [0.1, 0.15) is 0 Å². The van der Waals surface area contributed by atoms with Crippen LogP contribution in [0.2, 0.25) is 0 Å². The first-order valence-electron chi connectivity index (χ1n) is 6.56. The predicted octanol–water partition coefficient (Wildman–Crippen LogP) is 2.23. The second kappa shape index (κ2) is 4.39. The van der Waals surface area contributed by atoms with Gasteiger partial charge in [-0.1, -0.05) is 6.07 Å². The minimum atomic E-state index is -4.35. The lowest BCUT2D eigenvalue weighted by Gasteiger charge is -2.18. The molecule has 0 bridgehead atoms. The summed E-state index contributed by atoms with van der Waals surface area (Å²) in [5.74, 6) is 0.512. The molecule has 0 unspecified atom stereocenters. The van der Waals surface area contributed by atoms with Gasteiger partial charge in [0.25, 0.3) is 0 Å². The molecule has 0 fully saturated rings. The van der Waals surface area contributed by atoms with Crippen LogP contribution >= 0.6 is 0 Å². The van der Waals surface area contributed by atoms with Gasteiger partial charge in [-0.15, -0.1) is 14.8 Å². The second-order valence-corrected chi connectivity index (χ2v) is 4.92. The van der Waals surface area contributed by atoms with Crippen LogP contribution in [0.25, 0.3) is 5.65 Å². The fraction of sp³-hybridized carbons (Fsp3) is 0.231. The lowest BCUT2D eigenvalue weighted by atomic mass is 10.0. The number of fused-ring (bicyclic) bond motifs is 2. The molecule has 3 heterocycles. The third kappa shape index (κ3) is 1.89. The molecule has 0 amide bonds. The van der Waals surface area contributed by atoms with Gasteiger partial charge < -0.3 is 4.90 Å². The highest BCUT2D eigenvalue weighted by Gasteiger charge is 2.37. The third-order valence-corrected chi connectivity index (χ3v) is 3.66. The quantitative estimate of drug-likeness (QED) is 0.690. The zero-order valence-electron chi connectivity index (χ0n) is 11.1. The minimum Gasteiger partial charge on any atom is -0.324 e. The van der Waals surface area contributed by atoms with Gasteiger partial charge in [0, 0.05) is 12.2 Å². The molecule has 1 aromatic carbocycles. The molecule has 2 aromatic heterocycles. The zero-order valence-corrected chi connectivity index (χ0v) is 11.1. The lowest BCUT2D eigenvalue weighted by molar-refractivity contribution is -0.138. The normalized spacial score (nSPS) is 14.6. The van der Waals surface area contributed by atoms with E-state index in [4.69, 9.17) is 0 Å². The molecule has 22 heavy (non-hydrogen) atoms. The van der Waals surface area contributed by atoms with Crippen molar-refractivity contribution in [2.75, 3.05) is 11.4 Å². The molecule has 1 aliphatic rings. The summed E-state index contributed by atoms with van der Waals surface area (Å²) in [4.78, 5) is 1.74. The largest absolute Gasteiger partial charge is 0.416 e. The van der Waals surface area contributed by atoms with Crippen LogP contribution in [0.3, 0.4) is 0 Å². The van der Waals surface area contributed by atoms with Crippen molar-refractivity contribution in [2.45, 2.75) is 12.6 Å². The van der Waals surface area contributed by atoms with Gasteiger partial charge in [0.2, 0.25) is 0 Å². The van der Waals surface area contributed by atoms with Crippen molar-refractivity contribution in [1.29, 1.82) is 0 Å². The predicted molar refractivity (Wildman–Crippen MR) is 70.7 cm³/mol. The maximum atomic E-state index is 13.1. The maximum Gasteiger partial charge on any atom is 0.416 e. The maximum absolute atomic E-state index is 13.1. The summed E-state index contributed by atoms with van der Waals surface area (Å²) in [7, 11) is 0. The molecular formula is C13H9F3N6. The van der Waals surface area contributed by atoms with Crippen LogP contribution in [0.4, 0.5) is 24.7 Å². The Labute approximate surface area is 122 Å². The highest BCUT2D eigenvalue weighted by Crippen LogP contribution is 2.41. The summed E-state index contributed by atoms with van der Waals surface area (Å²) in [6.07, 6.45) is -4.03. The summed E-state index contributed by atoms with van der Waals surface area (Å²) in [5.41, 5.74) is 0.714. The van der Waals surface area contributed by atoms with Crippen molar-refractivity contribution in [1.82, 2.24) is 25.3 Å². The van der Waals surface area contributed by atoms with E-state index in [0.717, 1.165) is 6.07 Å². The number of hydrogen-bond donors (Lipinski definition) is 0. The topological polar surface area (TPSA) is 59.2 Å². The summed E-state index contributed by atoms with van der Waals surface area (Å²) in [6.45, 7) is 0.434. The molecule has 0 aliphatic carbocycles. The van der Waals surface area contributed by atoms with Crippen LogP contribution in [0, 0.1) is 0 Å². The van der Waals surface area contributed by atoms with Crippen molar-refractivity contribution < 1.29 is 13.2 Å². The molecular weight excluding hydrogens is 297 g/mol. The molecule has 0 radical (unpaired) electrons. The highest BCUT2D eigenvalue weighted by atomic mass is 19.4. The Morgan fingerprint density at radius 3 is 2.77 bits per heavy atom. The van der Waals surface area contributed by atoms with Crippen molar-refractivity contribution in [3.63, 3.8) is 0 Å². The number of aromatic nitrogens is 5. The Morgan fingerprint density at radius 2 is 1.95 bits per heavy atom. The second-order valence-electron chi connectivity index (χ2n) is 4.92. The number of nitrogens with zero attached hydrogens (tertiary/aromatic N) is 6. The molecule has 0 saturated heterocycles. The Hall–Kier alpha value is -2.71. The number of alkyl halides is 3. The summed E-state index contributed by atoms with van der Waals surface area (Å²) in [5, 5.41) is 15.2. The molecule has 9 heteroatoms. The van der Waals surface area contributed by atoms with Crippen molar-refractivity contribution in [3.8, 4) is 0 Å². The van der Waals surface area contributed by atoms with E-state index in [9.17, 15) is 13.2 Å². The van der Waals surface area contributed by atoms with Gasteiger partial charge in [-0.3, -0.25) is 0 Å². The van der Waals surface area contributed by atoms with E-state index in [1.165, 1.54) is 10.7 Å². The molecule has 1 aliphatic heterocycles. The van der Waals surface area contributed by atoms with Gasteiger partial charge in [0.15, 0.2) is 11.5 Å². The molecule has 0 saturated carbocycles. The van der Waals surface area contributed by atoms with Crippen LogP contribution in [0.15, 0.2) is 30.3 Å². The van der Waals surface area contributed by atoms with E-state index in [1.807, 2.05) is 0 Å². The number of rotatable bonds is 1. The number of tetrazole rings is 1. The monoisotopic (exact) mass is 306 g/mol. The SMILES string of the molecule is FC(F)(F)c1cccc2c1CCN2c1ccc2nnnn2n1. The van der Waals surface area contributed by atoms with Gasteiger partial charge in [-0.2, -0.15) is 13.2 Å². The molecule has 6 nitrogen and oxygen atoms in total. The number of benzene rings is 1. The average molecular weight is 306 g/mol. The van der Waals surface area contributed by atoms with Gasteiger partial charge in [-0.05, 0) is 46.7 Å². The summed E-state index contributed by atoms with van der Waals surface area (Å²) >= 11 is 0. The van der Waals surface area contributed by atoms with E-state index in [2.05, 4.69) is 20.6 Å². The Morgan fingerprint density at radius 1 is 1.09 bits per heavy atom. The smallest absolute Gasteiger partial charge is 0.324 e. The summed E-state index contributed by atoms with van der Waals surface area (Å²) < 4.78 is 40.5. The van der Waals surface area contributed by atoms with Crippen LogP contribution in [0.1, 0.15) is 11.1 Å². The number of halogens is 3. The van der Waals surface area contributed by atoms with Gasteiger partial charge >= 0.3 is 6.18 Å². The molecule has 0 N–H and O–H groups in total. The lowest BCUT2D eigenvalue weighted by Crippen LogP contribution is -2.16. The molecule has 112 valence electrons. The standard InChI is InChI=1S/C13H9F3N6/c14-13(15,16)9-2-1-3-10-8(9)6-7-21(10)12-5-4-11-17-19-20-22(11)18-12/h1-5H,6-7H2. The first-order valence-corrected chi connectivity index (χ1v) is 6.56. The first kappa shape index (κ1) is 13.0. The summed E-state index contributed by atoms with van der Waals surface area (Å²) in [6, 6.07) is 7.56. The minimum absolute atomic E-state index is 0.300. The van der Waals surface area contributed by atoms with Crippen molar-refractivity contribution in [2.24, 2.45) is 0 Å². The average Bonchev–Trinajstić information content (AvgIpc) is 3.11. The number of hydrogen-bond acceptors (Lipinski definition) is 5. The van der Waals surface area contributed by atoms with Gasteiger partial charge in [0.05, 0.1) is 5.56 Å². The number of anilines is 2. The van der Waals surface area contributed by atoms with Crippen LogP contribution in [-0.4, -0.2) is 31.8 Å². The fourth-order valence-corrected chi connectivity index (χ4v) is 2.72. The van der Waals surface area contributed by atoms with E-state index < -0.39 is 11.7 Å². The fourth-order valence-electron chi connectivity index (χ4n) is 2.72. The van der Waals surface area contributed by atoms with E-state index >= 15 is 0 Å². The van der Waals surface area contributed by atoms with E-state index in [0.29, 0.717) is 35.7 Å². The molecule has 0 atom stereocenters. The molecule has 0 spiro atoms. The van der Waals surface area contributed by atoms with Crippen molar-refractivity contribution >= 4 is 17.2 Å². The first-order chi connectivity index (χ1) is 10.5. The van der Waals surface area contributed by atoms with E-state index in [-0.39, 0.29) is 0 Å². The Bertz CT molecular complexity index is 856. The van der Waals surface area contributed by atoms with Crippen LogP contribution in [0.5, 0.6) is 0 Å². The Balaban J connectivity index is 1.81. The van der Waals surface area contributed by atoms with Crippen LogP contribution in [-0.2, 0) is 12.6 Å². The van der Waals surface area contributed by atoms with Crippen molar-refractivity contribution in [3.05, 3.63) is 41.5 Å². The Kier molecular flexibility index (Phi) is 2.59. The van der Waals surface area contributed by atoms with Crippen LogP contribution < -0.4 is 4.90 Å². The third-order valence-electron chi connectivity index (χ3n) is 3.66.